The third-order valence-electron chi connectivity index (χ3n) is 14.7. The number of fused-ring (bicyclic) bond motifs is 10. The molecular formula is C46H64N2O10. The van der Waals surface area contributed by atoms with Crippen molar-refractivity contribution in [1.82, 2.24) is 9.80 Å². The van der Waals surface area contributed by atoms with Crippen molar-refractivity contribution in [2.24, 2.45) is 71.0 Å². The first-order valence-electron chi connectivity index (χ1n) is 21.5. The molecule has 6 fully saturated rings. The van der Waals surface area contributed by atoms with Crippen LogP contribution in [0.2, 0.25) is 0 Å². The third kappa shape index (κ3) is 10.1. The molecule has 58 heavy (non-hydrogen) atoms. The molecule has 12 atom stereocenters. The predicted molar refractivity (Wildman–Crippen MR) is 215 cm³/mol. The van der Waals surface area contributed by atoms with Gasteiger partial charge >= 0.3 is 23.9 Å². The van der Waals surface area contributed by atoms with Crippen LogP contribution in [0.5, 0.6) is 0 Å². The average Bonchev–Trinajstić information content (AvgIpc) is 4.06. The second-order valence-electron chi connectivity index (χ2n) is 18.3. The third-order valence-corrected chi connectivity index (χ3v) is 14.7. The summed E-state index contributed by atoms with van der Waals surface area (Å²) in [5.41, 5.74) is 0.633. The van der Waals surface area contributed by atoms with Gasteiger partial charge in [-0.15, -0.1) is 0 Å². The van der Waals surface area contributed by atoms with Crippen LogP contribution in [0, 0.1) is 71.0 Å². The Bertz CT molecular complexity index is 1520. The number of hydrogen-bond donors (Lipinski definition) is 0. The van der Waals surface area contributed by atoms with E-state index < -0.39 is 0 Å². The van der Waals surface area contributed by atoms with E-state index in [4.69, 9.17) is 18.9 Å². The summed E-state index contributed by atoms with van der Waals surface area (Å²) < 4.78 is 22.3. The number of nitrogens with zero attached hydrogens (tertiary/aromatic N) is 2. The molecule has 0 aromatic rings. The van der Waals surface area contributed by atoms with E-state index in [1.54, 1.807) is 13.8 Å². The molecule has 0 saturated heterocycles. The lowest BCUT2D eigenvalue weighted by atomic mass is 9.76. The van der Waals surface area contributed by atoms with Crippen LogP contribution in [0.15, 0.2) is 49.6 Å². The van der Waals surface area contributed by atoms with Crippen molar-refractivity contribution in [2.75, 3.05) is 52.6 Å². The second-order valence-corrected chi connectivity index (χ2v) is 18.3. The molecule has 6 saturated carbocycles. The van der Waals surface area contributed by atoms with Gasteiger partial charge in [-0.25, -0.2) is 9.59 Å². The molecule has 318 valence electrons. The topological polar surface area (TPSA) is 146 Å². The molecule has 0 heterocycles. The van der Waals surface area contributed by atoms with Crippen LogP contribution < -0.4 is 0 Å². The van der Waals surface area contributed by atoms with Crippen molar-refractivity contribution in [2.45, 2.75) is 78.1 Å². The zero-order valence-electron chi connectivity index (χ0n) is 34.6. The molecule has 12 unspecified atom stereocenters. The number of rotatable bonds is 21. The zero-order valence-corrected chi connectivity index (χ0v) is 34.6. The minimum Gasteiger partial charge on any atom is -0.465 e. The maximum Gasteiger partial charge on any atom is 0.330 e. The summed E-state index contributed by atoms with van der Waals surface area (Å²) in [5, 5.41) is 0. The van der Waals surface area contributed by atoms with Crippen molar-refractivity contribution in [3.63, 3.8) is 0 Å². The molecule has 0 radical (unpaired) electrons. The van der Waals surface area contributed by atoms with Gasteiger partial charge in [0.2, 0.25) is 11.8 Å². The predicted octanol–water partition coefficient (Wildman–Crippen LogP) is 5.72. The number of carbonyl (C=O) groups is 6. The van der Waals surface area contributed by atoms with Crippen LogP contribution in [0.25, 0.3) is 0 Å². The monoisotopic (exact) mass is 804 g/mol. The summed E-state index contributed by atoms with van der Waals surface area (Å²) in [6.07, 6.45) is 11.1. The van der Waals surface area contributed by atoms with Crippen molar-refractivity contribution < 1.29 is 47.7 Å². The van der Waals surface area contributed by atoms with Gasteiger partial charge in [0.15, 0.2) is 0 Å². The van der Waals surface area contributed by atoms with E-state index >= 15 is 0 Å². The first-order valence-corrected chi connectivity index (χ1v) is 21.5. The lowest BCUT2D eigenvalue weighted by Crippen LogP contribution is -2.43. The minimum absolute atomic E-state index is 0.0113. The van der Waals surface area contributed by atoms with Gasteiger partial charge in [0.05, 0.1) is 39.3 Å². The van der Waals surface area contributed by atoms with Gasteiger partial charge in [-0.1, -0.05) is 26.3 Å². The standard InChI is InChI=1S/C46H64N2O10/c1-7-41(49)55-23-29-15-35-31-19-33(37(21-31)39(35)17-29)25-57-43(51)9-11-47(45(53)27(3)4)13-14-48(46(54)28(5)6)12-10-44(52)58-26-34-20-32-22-38(34)40-18-30(16-36(32)40)24-56-42(50)8-2/h7-8,29-40H,1-3,5,9-26H2,4,6H3. The summed E-state index contributed by atoms with van der Waals surface area (Å²) in [6, 6.07) is 0. The molecule has 0 aromatic carbocycles. The smallest absolute Gasteiger partial charge is 0.330 e. The number of hydrogen-bond acceptors (Lipinski definition) is 10. The highest BCUT2D eigenvalue weighted by Gasteiger charge is 2.57. The van der Waals surface area contributed by atoms with E-state index in [0.29, 0.717) is 109 Å². The Hall–Kier alpha value is -4.22. The van der Waals surface area contributed by atoms with Gasteiger partial charge in [0, 0.05) is 49.5 Å². The Balaban J connectivity index is 0.923. The Labute approximate surface area is 343 Å². The van der Waals surface area contributed by atoms with E-state index in [9.17, 15) is 28.8 Å². The van der Waals surface area contributed by atoms with Crippen LogP contribution in [-0.4, -0.2) is 98.1 Å². The maximum absolute atomic E-state index is 13.2. The van der Waals surface area contributed by atoms with Crippen LogP contribution in [0.3, 0.4) is 0 Å². The fourth-order valence-electron chi connectivity index (χ4n) is 12.2. The van der Waals surface area contributed by atoms with Crippen LogP contribution in [0.1, 0.15) is 78.1 Å². The Morgan fingerprint density at radius 3 is 1.24 bits per heavy atom. The van der Waals surface area contributed by atoms with E-state index in [2.05, 4.69) is 26.3 Å². The largest absolute Gasteiger partial charge is 0.465 e. The lowest BCUT2D eigenvalue weighted by molar-refractivity contribution is -0.148. The van der Waals surface area contributed by atoms with Gasteiger partial charge in [-0.2, -0.15) is 0 Å². The molecule has 12 heteroatoms. The molecule has 6 rings (SSSR count). The summed E-state index contributed by atoms with van der Waals surface area (Å²) >= 11 is 0. The molecule has 0 N–H and O–H groups in total. The highest BCUT2D eigenvalue weighted by atomic mass is 16.5. The summed E-state index contributed by atoms with van der Waals surface area (Å²) in [6.45, 7) is 19.9. The van der Waals surface area contributed by atoms with Crippen molar-refractivity contribution in [1.29, 1.82) is 0 Å². The Morgan fingerprint density at radius 1 is 0.500 bits per heavy atom. The fourth-order valence-corrected chi connectivity index (χ4v) is 12.2. The van der Waals surface area contributed by atoms with Crippen LogP contribution >= 0.6 is 0 Å². The van der Waals surface area contributed by atoms with Crippen molar-refractivity contribution >= 4 is 35.7 Å². The van der Waals surface area contributed by atoms with E-state index in [-0.39, 0.29) is 74.7 Å². The first-order chi connectivity index (χ1) is 27.8. The first kappa shape index (κ1) is 43.4. The number of amides is 2. The molecular weight excluding hydrogens is 741 g/mol. The summed E-state index contributed by atoms with van der Waals surface area (Å²) in [7, 11) is 0. The summed E-state index contributed by atoms with van der Waals surface area (Å²) in [5.74, 6) is 3.94. The van der Waals surface area contributed by atoms with E-state index in [1.165, 1.54) is 22.0 Å². The van der Waals surface area contributed by atoms with Crippen molar-refractivity contribution in [3.05, 3.63) is 49.6 Å². The van der Waals surface area contributed by atoms with Crippen LogP contribution in [-0.2, 0) is 47.7 Å². The van der Waals surface area contributed by atoms with Gasteiger partial charge < -0.3 is 28.7 Å². The average molecular weight is 805 g/mol. The SMILES string of the molecule is C=CC(=O)OCC1CC2C3CC(COC(=O)CCN(CCN(CCC(=O)OCC4CC5CC4C4CC(COC(=O)C=C)CC54)C(=O)C(=C)C)C(=O)C(=C)C)C(C3)C2C1. The number of carbonyl (C=O) groups excluding carboxylic acids is 6. The highest BCUT2D eigenvalue weighted by Crippen LogP contribution is 2.63. The van der Waals surface area contributed by atoms with Gasteiger partial charge in [-0.3, -0.25) is 19.2 Å². The Morgan fingerprint density at radius 2 is 0.879 bits per heavy atom. The summed E-state index contributed by atoms with van der Waals surface area (Å²) in [4.78, 5) is 78.5. The zero-order chi connectivity index (χ0) is 41.7. The molecule has 0 aromatic heterocycles. The Kier molecular flexibility index (Phi) is 14.4. The lowest BCUT2D eigenvalue weighted by Gasteiger charge is -2.31. The molecule has 12 nitrogen and oxygen atoms in total. The van der Waals surface area contributed by atoms with Crippen molar-refractivity contribution in [3.8, 4) is 0 Å². The van der Waals surface area contributed by atoms with E-state index in [0.717, 1.165) is 51.4 Å². The fraction of sp³-hybridized carbons (Fsp3) is 0.696. The van der Waals surface area contributed by atoms with Gasteiger partial charge in [-0.05, 0) is 136 Å². The maximum atomic E-state index is 13.2. The minimum atomic E-state index is -0.379. The quantitative estimate of drug-likeness (QED) is 0.0803. The molecule has 0 aliphatic heterocycles. The highest BCUT2D eigenvalue weighted by molar-refractivity contribution is 5.93. The number of esters is 4. The van der Waals surface area contributed by atoms with E-state index in [1.807, 2.05) is 0 Å². The second kappa shape index (κ2) is 19.2. The number of ether oxygens (including phenoxy) is 4. The van der Waals surface area contributed by atoms with Crippen LogP contribution in [0.4, 0.5) is 0 Å². The molecule has 0 spiro atoms. The molecule has 6 aliphatic carbocycles. The van der Waals surface area contributed by atoms with Gasteiger partial charge in [0.1, 0.15) is 0 Å². The molecule has 4 bridgehead atoms. The van der Waals surface area contributed by atoms with Gasteiger partial charge in [0.25, 0.3) is 0 Å². The normalized spacial score (nSPS) is 32.1. The molecule has 6 aliphatic rings. The molecule has 2 amide bonds.